The molecule has 1 aromatic rings. The van der Waals surface area contributed by atoms with Gasteiger partial charge < -0.3 is 0 Å². The van der Waals surface area contributed by atoms with Crippen molar-refractivity contribution in [1.29, 1.82) is 0 Å². The van der Waals surface area contributed by atoms with Gasteiger partial charge in [-0.15, -0.1) is 5.92 Å². The summed E-state index contributed by atoms with van der Waals surface area (Å²) in [5, 5.41) is 10.4. The minimum atomic E-state index is -0.407. The second-order valence-electron chi connectivity index (χ2n) is 2.63. The van der Waals surface area contributed by atoms with Gasteiger partial charge in [-0.25, -0.2) is 0 Å². The first-order valence-electron chi connectivity index (χ1n) is 3.83. The SMILES string of the molecule is CC#Cc1ccc([N+](=O)[O-])cc1C. The highest BCUT2D eigenvalue weighted by Crippen LogP contribution is 2.15. The van der Waals surface area contributed by atoms with E-state index in [1.54, 1.807) is 13.0 Å². The summed E-state index contributed by atoms with van der Waals surface area (Å²) in [6.07, 6.45) is 0. The average molecular weight is 175 g/mol. The quantitative estimate of drug-likeness (QED) is 0.373. The number of nitro benzene ring substituents is 1. The predicted molar refractivity (Wildman–Crippen MR) is 50.4 cm³/mol. The van der Waals surface area contributed by atoms with Gasteiger partial charge in [0, 0.05) is 17.7 Å². The highest BCUT2D eigenvalue weighted by Gasteiger charge is 2.05. The monoisotopic (exact) mass is 175 g/mol. The van der Waals surface area contributed by atoms with E-state index in [-0.39, 0.29) is 5.69 Å². The predicted octanol–water partition coefficient (Wildman–Crippen LogP) is 2.27. The van der Waals surface area contributed by atoms with Crippen LogP contribution in [0.3, 0.4) is 0 Å². The number of hydrogen-bond acceptors (Lipinski definition) is 2. The van der Waals surface area contributed by atoms with E-state index in [1.807, 2.05) is 6.92 Å². The van der Waals surface area contributed by atoms with Gasteiger partial charge in [-0.3, -0.25) is 10.1 Å². The highest BCUT2D eigenvalue weighted by molar-refractivity contribution is 5.46. The maximum absolute atomic E-state index is 10.4. The molecule has 0 N–H and O–H groups in total. The number of rotatable bonds is 1. The molecule has 0 fully saturated rings. The minimum Gasteiger partial charge on any atom is -0.258 e. The molecule has 1 aromatic carbocycles. The molecule has 0 amide bonds. The Balaban J connectivity index is 3.17. The Labute approximate surface area is 76.5 Å². The second kappa shape index (κ2) is 3.72. The number of hydrogen-bond donors (Lipinski definition) is 0. The van der Waals surface area contributed by atoms with Crippen molar-refractivity contribution in [3.63, 3.8) is 0 Å². The summed E-state index contributed by atoms with van der Waals surface area (Å²) in [5.41, 5.74) is 1.79. The van der Waals surface area contributed by atoms with Crippen LogP contribution in [0.25, 0.3) is 0 Å². The van der Waals surface area contributed by atoms with E-state index in [9.17, 15) is 10.1 Å². The lowest BCUT2D eigenvalue weighted by molar-refractivity contribution is -0.384. The number of nitro groups is 1. The zero-order valence-corrected chi connectivity index (χ0v) is 7.50. The molecule has 13 heavy (non-hydrogen) atoms. The molecule has 0 bridgehead atoms. The Morgan fingerprint density at radius 3 is 2.62 bits per heavy atom. The lowest BCUT2D eigenvalue weighted by atomic mass is 10.1. The van der Waals surface area contributed by atoms with E-state index in [4.69, 9.17) is 0 Å². The van der Waals surface area contributed by atoms with Gasteiger partial charge in [-0.05, 0) is 25.5 Å². The fraction of sp³-hybridized carbons (Fsp3) is 0.200. The van der Waals surface area contributed by atoms with Crippen molar-refractivity contribution in [2.24, 2.45) is 0 Å². The molecule has 0 aliphatic carbocycles. The molecular formula is C10H9NO2. The third kappa shape index (κ3) is 2.06. The van der Waals surface area contributed by atoms with E-state index in [0.29, 0.717) is 0 Å². The Kier molecular flexibility index (Phi) is 2.65. The zero-order chi connectivity index (χ0) is 9.84. The summed E-state index contributed by atoms with van der Waals surface area (Å²) in [4.78, 5) is 9.99. The summed E-state index contributed by atoms with van der Waals surface area (Å²) >= 11 is 0. The fourth-order valence-electron chi connectivity index (χ4n) is 1.04. The Hall–Kier alpha value is -1.82. The van der Waals surface area contributed by atoms with Crippen LogP contribution in [0.5, 0.6) is 0 Å². The number of nitrogens with zero attached hydrogens (tertiary/aromatic N) is 1. The van der Waals surface area contributed by atoms with Crippen molar-refractivity contribution in [2.75, 3.05) is 0 Å². The summed E-state index contributed by atoms with van der Waals surface area (Å²) in [6.45, 7) is 3.55. The minimum absolute atomic E-state index is 0.110. The number of aryl methyl sites for hydroxylation is 1. The lowest BCUT2D eigenvalue weighted by Gasteiger charge is -1.96. The Morgan fingerprint density at radius 2 is 2.15 bits per heavy atom. The van der Waals surface area contributed by atoms with Crippen LogP contribution in [-0.4, -0.2) is 4.92 Å². The van der Waals surface area contributed by atoms with Crippen LogP contribution in [0.4, 0.5) is 5.69 Å². The smallest absolute Gasteiger partial charge is 0.258 e. The average Bonchev–Trinajstić information content (AvgIpc) is 2.08. The van der Waals surface area contributed by atoms with Crippen molar-refractivity contribution in [3.8, 4) is 11.8 Å². The first-order valence-corrected chi connectivity index (χ1v) is 3.83. The second-order valence-corrected chi connectivity index (χ2v) is 2.63. The molecule has 1 rings (SSSR count). The molecule has 3 nitrogen and oxygen atoms in total. The maximum atomic E-state index is 10.4. The maximum Gasteiger partial charge on any atom is 0.269 e. The molecule has 0 aliphatic rings. The third-order valence-electron chi connectivity index (χ3n) is 1.68. The lowest BCUT2D eigenvalue weighted by Crippen LogP contribution is -1.90. The van der Waals surface area contributed by atoms with E-state index in [1.165, 1.54) is 12.1 Å². The molecule has 0 saturated heterocycles. The number of benzene rings is 1. The van der Waals surface area contributed by atoms with Gasteiger partial charge in [0.05, 0.1) is 4.92 Å². The zero-order valence-electron chi connectivity index (χ0n) is 7.50. The van der Waals surface area contributed by atoms with Crippen LogP contribution in [-0.2, 0) is 0 Å². The molecule has 0 atom stereocenters. The molecule has 0 unspecified atom stereocenters. The molecule has 66 valence electrons. The topological polar surface area (TPSA) is 43.1 Å². The van der Waals surface area contributed by atoms with E-state index in [0.717, 1.165) is 11.1 Å². The molecule has 3 heteroatoms. The van der Waals surface area contributed by atoms with Crippen LogP contribution >= 0.6 is 0 Å². The largest absolute Gasteiger partial charge is 0.269 e. The third-order valence-corrected chi connectivity index (χ3v) is 1.68. The standard InChI is InChI=1S/C10H9NO2/c1-3-4-9-5-6-10(11(12)13)7-8(9)2/h5-7H,1-2H3. The van der Waals surface area contributed by atoms with Crippen molar-refractivity contribution >= 4 is 5.69 Å². The Bertz CT molecular complexity index is 399. The fourth-order valence-corrected chi connectivity index (χ4v) is 1.04. The van der Waals surface area contributed by atoms with Gasteiger partial charge >= 0.3 is 0 Å². The van der Waals surface area contributed by atoms with Gasteiger partial charge in [-0.2, -0.15) is 0 Å². The van der Waals surface area contributed by atoms with Gasteiger partial charge in [0.15, 0.2) is 0 Å². The summed E-state index contributed by atoms with van der Waals surface area (Å²) in [5.74, 6) is 5.62. The molecule has 0 spiro atoms. The van der Waals surface area contributed by atoms with Crippen molar-refractivity contribution in [2.45, 2.75) is 13.8 Å². The summed E-state index contributed by atoms with van der Waals surface area (Å²) in [6, 6.07) is 4.66. The van der Waals surface area contributed by atoms with Crippen LogP contribution < -0.4 is 0 Å². The molecule has 0 saturated carbocycles. The molecular weight excluding hydrogens is 166 g/mol. The van der Waals surface area contributed by atoms with Gasteiger partial charge in [-0.1, -0.05) is 5.92 Å². The highest BCUT2D eigenvalue weighted by atomic mass is 16.6. The summed E-state index contributed by atoms with van der Waals surface area (Å²) in [7, 11) is 0. The van der Waals surface area contributed by atoms with E-state index in [2.05, 4.69) is 11.8 Å². The van der Waals surface area contributed by atoms with Crippen LogP contribution in [0.2, 0.25) is 0 Å². The molecule has 0 aliphatic heterocycles. The first kappa shape index (κ1) is 9.27. The molecule has 0 heterocycles. The van der Waals surface area contributed by atoms with Crippen LogP contribution in [0.15, 0.2) is 18.2 Å². The van der Waals surface area contributed by atoms with Crippen molar-refractivity contribution < 1.29 is 4.92 Å². The van der Waals surface area contributed by atoms with E-state index >= 15 is 0 Å². The van der Waals surface area contributed by atoms with Gasteiger partial charge in [0.2, 0.25) is 0 Å². The van der Waals surface area contributed by atoms with Gasteiger partial charge in [0.25, 0.3) is 5.69 Å². The van der Waals surface area contributed by atoms with Crippen molar-refractivity contribution in [3.05, 3.63) is 39.4 Å². The molecule has 0 radical (unpaired) electrons. The van der Waals surface area contributed by atoms with E-state index < -0.39 is 4.92 Å². The van der Waals surface area contributed by atoms with Crippen molar-refractivity contribution in [1.82, 2.24) is 0 Å². The normalized spacial score (nSPS) is 8.77. The first-order chi connectivity index (χ1) is 6.15. The Morgan fingerprint density at radius 1 is 1.46 bits per heavy atom. The molecule has 0 aromatic heterocycles. The van der Waals surface area contributed by atoms with Crippen LogP contribution in [0.1, 0.15) is 18.1 Å². The number of non-ortho nitro benzene ring substituents is 1. The summed E-state index contributed by atoms with van der Waals surface area (Å²) < 4.78 is 0. The van der Waals surface area contributed by atoms with Gasteiger partial charge in [0.1, 0.15) is 0 Å². The van der Waals surface area contributed by atoms with Crippen LogP contribution in [0, 0.1) is 28.9 Å².